The van der Waals surface area contributed by atoms with Crippen LogP contribution in [-0.4, -0.2) is 44.1 Å². The van der Waals surface area contributed by atoms with Crippen LogP contribution < -0.4 is 5.32 Å². The third kappa shape index (κ3) is 7.09. The van der Waals surface area contributed by atoms with Crippen LogP contribution in [0.1, 0.15) is 30.1 Å². The number of aromatic nitrogens is 3. The molecule has 0 spiro atoms. The van der Waals surface area contributed by atoms with Crippen molar-refractivity contribution in [3.63, 3.8) is 0 Å². The van der Waals surface area contributed by atoms with E-state index in [1.54, 1.807) is 34.9 Å². The summed E-state index contributed by atoms with van der Waals surface area (Å²) >= 11 is 10.7. The number of allylic oxidation sites excluding steroid dienone is 1. The number of hydrogen-bond acceptors (Lipinski definition) is 7. The molecule has 0 radical (unpaired) electrons. The zero-order valence-corrected chi connectivity index (χ0v) is 22.1. The first kappa shape index (κ1) is 26.8. The summed E-state index contributed by atoms with van der Waals surface area (Å²) in [6, 6.07) is 9.67. The van der Waals surface area contributed by atoms with Gasteiger partial charge in [0.05, 0.1) is 28.5 Å². The zero-order chi connectivity index (χ0) is 25.4. The molecule has 0 fully saturated rings. The van der Waals surface area contributed by atoms with Gasteiger partial charge in [-0.25, -0.2) is 4.79 Å². The summed E-state index contributed by atoms with van der Waals surface area (Å²) in [6.45, 7) is 6.47. The zero-order valence-electron chi connectivity index (χ0n) is 19.0. The molecule has 8 nitrogen and oxygen atoms in total. The predicted molar refractivity (Wildman–Crippen MR) is 141 cm³/mol. The molecule has 0 saturated carbocycles. The number of carbonyl (C=O) groups is 2. The van der Waals surface area contributed by atoms with Crippen molar-refractivity contribution in [2.24, 2.45) is 0 Å². The van der Waals surface area contributed by atoms with E-state index in [-0.39, 0.29) is 28.0 Å². The lowest BCUT2D eigenvalue weighted by Gasteiger charge is -2.10. The predicted octanol–water partition coefficient (Wildman–Crippen LogP) is 5.94. The number of hydrogen-bond donors (Lipinski definition) is 2. The molecule has 3 rings (SSSR count). The minimum Gasteiger partial charge on any atom is -0.507 e. The number of benzene rings is 2. The average molecular weight is 580 g/mol. The van der Waals surface area contributed by atoms with Crippen LogP contribution in [0.2, 0.25) is 5.02 Å². The molecule has 1 aromatic heterocycles. The fraction of sp³-hybridized carbons (Fsp3) is 0.250. The fourth-order valence-corrected chi connectivity index (χ4v) is 4.35. The van der Waals surface area contributed by atoms with Gasteiger partial charge in [-0.3, -0.25) is 9.36 Å². The van der Waals surface area contributed by atoms with E-state index in [2.05, 4.69) is 38.0 Å². The monoisotopic (exact) mass is 578 g/mol. The van der Waals surface area contributed by atoms with Crippen LogP contribution in [0, 0.1) is 0 Å². The normalized spacial score (nSPS) is 10.7. The van der Waals surface area contributed by atoms with Gasteiger partial charge in [-0.1, -0.05) is 58.7 Å². The summed E-state index contributed by atoms with van der Waals surface area (Å²) in [6.07, 6.45) is 3.35. The number of phenolic OH excluding ortho intramolecular Hbond substituents is 1. The molecule has 2 N–H and O–H groups in total. The van der Waals surface area contributed by atoms with Gasteiger partial charge < -0.3 is 15.2 Å². The first-order chi connectivity index (χ1) is 16.8. The van der Waals surface area contributed by atoms with E-state index in [9.17, 15) is 14.7 Å². The summed E-state index contributed by atoms with van der Waals surface area (Å²) in [5, 5.41) is 22.2. The first-order valence-corrected chi connectivity index (χ1v) is 12.9. The summed E-state index contributed by atoms with van der Waals surface area (Å²) in [5.74, 6) is -0.279. The van der Waals surface area contributed by atoms with Crippen molar-refractivity contribution in [2.45, 2.75) is 31.5 Å². The fourth-order valence-electron chi connectivity index (χ4n) is 3.05. The Bertz CT molecular complexity index is 1230. The number of nitrogens with one attached hydrogen (secondary N) is 1. The minimum atomic E-state index is -0.533. The van der Waals surface area contributed by atoms with E-state index in [1.165, 1.54) is 23.9 Å². The largest absolute Gasteiger partial charge is 0.507 e. The van der Waals surface area contributed by atoms with E-state index in [4.69, 9.17) is 16.3 Å². The third-order valence-corrected chi connectivity index (χ3v) is 6.55. The highest BCUT2D eigenvalue weighted by molar-refractivity contribution is 9.10. The van der Waals surface area contributed by atoms with Gasteiger partial charge in [0.1, 0.15) is 5.75 Å². The number of aromatic hydroxyl groups is 1. The lowest BCUT2D eigenvalue weighted by Crippen LogP contribution is -2.15. The number of nitrogens with zero attached hydrogens (tertiary/aromatic N) is 3. The first-order valence-electron chi connectivity index (χ1n) is 10.8. The van der Waals surface area contributed by atoms with Crippen molar-refractivity contribution < 1.29 is 19.4 Å². The van der Waals surface area contributed by atoms with E-state index in [1.807, 2.05) is 6.92 Å². The topological polar surface area (TPSA) is 106 Å². The van der Waals surface area contributed by atoms with Gasteiger partial charge in [0.15, 0.2) is 11.0 Å². The Labute approximate surface area is 220 Å². The van der Waals surface area contributed by atoms with Gasteiger partial charge >= 0.3 is 5.97 Å². The molecular weight excluding hydrogens is 556 g/mol. The number of ether oxygens (including phenoxy) is 1. The average Bonchev–Trinajstić information content (AvgIpc) is 3.23. The maximum absolute atomic E-state index is 12.6. The number of halogens is 2. The number of rotatable bonds is 11. The smallest absolute Gasteiger partial charge is 0.339 e. The van der Waals surface area contributed by atoms with Gasteiger partial charge in [-0.05, 0) is 42.8 Å². The Hall–Kier alpha value is -2.82. The molecule has 2 aromatic carbocycles. The molecule has 1 heterocycles. The third-order valence-electron chi connectivity index (χ3n) is 4.76. The Balaban J connectivity index is 1.70. The molecule has 1 amide bonds. The van der Waals surface area contributed by atoms with Crippen LogP contribution in [0.3, 0.4) is 0 Å². The van der Waals surface area contributed by atoms with Gasteiger partial charge in [0, 0.05) is 16.7 Å². The van der Waals surface area contributed by atoms with E-state index in [0.717, 1.165) is 17.3 Å². The van der Waals surface area contributed by atoms with Crippen LogP contribution in [0.15, 0.2) is 58.7 Å². The highest BCUT2D eigenvalue weighted by atomic mass is 79.9. The van der Waals surface area contributed by atoms with Crippen molar-refractivity contribution in [2.75, 3.05) is 17.7 Å². The number of carbonyl (C=O) groups excluding carboxylic acids is 2. The molecule has 0 atom stereocenters. The highest BCUT2D eigenvalue weighted by Gasteiger charge is 2.18. The van der Waals surface area contributed by atoms with Gasteiger partial charge in [0.2, 0.25) is 5.91 Å². The van der Waals surface area contributed by atoms with Crippen molar-refractivity contribution >= 4 is 56.9 Å². The molecule has 0 unspecified atom stereocenters. The standard InChI is InChI=1S/C24H24BrClN4O4S/c1-3-5-11-34-23(33)17-13-16(7-8-19(17)26)27-21(32)14-35-24-29-28-22(30(24)10-4-2)18-12-15(25)6-9-20(18)31/h4,6-9,12-13,31H,2-3,5,10-11,14H2,1H3,(H,27,32). The number of esters is 1. The summed E-state index contributed by atoms with van der Waals surface area (Å²) in [7, 11) is 0. The van der Waals surface area contributed by atoms with Crippen LogP contribution in [0.5, 0.6) is 5.75 Å². The van der Waals surface area contributed by atoms with Gasteiger partial charge in [0.25, 0.3) is 0 Å². The number of anilines is 1. The number of amides is 1. The summed E-state index contributed by atoms with van der Waals surface area (Å²) in [4.78, 5) is 24.9. The van der Waals surface area contributed by atoms with Gasteiger partial charge in [-0.2, -0.15) is 0 Å². The molecule has 184 valence electrons. The molecule has 0 saturated heterocycles. The molecule has 0 aliphatic rings. The van der Waals surface area contributed by atoms with Crippen molar-refractivity contribution in [3.05, 3.63) is 64.1 Å². The highest BCUT2D eigenvalue weighted by Crippen LogP contribution is 2.33. The summed E-state index contributed by atoms with van der Waals surface area (Å²) in [5.41, 5.74) is 1.12. The van der Waals surface area contributed by atoms with Crippen molar-refractivity contribution in [3.8, 4) is 17.1 Å². The molecule has 0 bridgehead atoms. The van der Waals surface area contributed by atoms with E-state index >= 15 is 0 Å². The number of phenols is 1. The SMILES string of the molecule is C=CCn1c(SCC(=O)Nc2ccc(Cl)c(C(=O)OCCCC)c2)nnc1-c1cc(Br)ccc1O. The molecule has 11 heteroatoms. The van der Waals surface area contributed by atoms with Crippen LogP contribution in [0.4, 0.5) is 5.69 Å². The Kier molecular flexibility index (Phi) is 9.76. The molecule has 0 aliphatic carbocycles. The van der Waals surface area contributed by atoms with E-state index in [0.29, 0.717) is 35.4 Å². The van der Waals surface area contributed by atoms with Gasteiger partial charge in [-0.15, -0.1) is 16.8 Å². The Morgan fingerprint density at radius 1 is 1.29 bits per heavy atom. The second-order valence-electron chi connectivity index (χ2n) is 7.39. The number of thioether (sulfide) groups is 1. The Morgan fingerprint density at radius 3 is 2.83 bits per heavy atom. The quantitative estimate of drug-likeness (QED) is 0.125. The number of unbranched alkanes of at least 4 members (excludes halogenated alkanes) is 1. The minimum absolute atomic E-state index is 0.0403. The maximum atomic E-state index is 12.6. The van der Waals surface area contributed by atoms with E-state index < -0.39 is 5.97 Å². The lowest BCUT2D eigenvalue weighted by molar-refractivity contribution is -0.113. The van der Waals surface area contributed by atoms with Crippen molar-refractivity contribution in [1.29, 1.82) is 0 Å². The lowest BCUT2D eigenvalue weighted by atomic mass is 10.2. The molecule has 35 heavy (non-hydrogen) atoms. The molecular formula is C24H24BrClN4O4S. The van der Waals surface area contributed by atoms with Crippen molar-refractivity contribution in [1.82, 2.24) is 14.8 Å². The van der Waals surface area contributed by atoms with Crippen LogP contribution in [0.25, 0.3) is 11.4 Å². The molecule has 3 aromatic rings. The second kappa shape index (κ2) is 12.8. The van der Waals surface area contributed by atoms with Crippen LogP contribution >= 0.6 is 39.3 Å². The maximum Gasteiger partial charge on any atom is 0.339 e. The van der Waals surface area contributed by atoms with Crippen LogP contribution in [-0.2, 0) is 16.1 Å². The summed E-state index contributed by atoms with van der Waals surface area (Å²) < 4.78 is 7.76. The second-order valence-corrected chi connectivity index (χ2v) is 9.65. The molecule has 0 aliphatic heterocycles. The Morgan fingerprint density at radius 2 is 2.09 bits per heavy atom.